The highest BCUT2D eigenvalue weighted by atomic mass is 35.5. The van der Waals surface area contributed by atoms with Gasteiger partial charge in [-0.05, 0) is 25.2 Å². The third-order valence-corrected chi connectivity index (χ3v) is 2.87. The van der Waals surface area contributed by atoms with Crippen LogP contribution < -0.4 is 17.3 Å². The lowest BCUT2D eigenvalue weighted by atomic mass is 9.99. The minimum Gasteiger partial charge on any atom is -1.00 e. The molecule has 1 aliphatic rings. The highest BCUT2D eigenvalue weighted by molar-refractivity contribution is 4.55. The quantitative estimate of drug-likeness (QED) is 0.532. The zero-order valence-electron chi connectivity index (χ0n) is 8.41. The molecule has 1 aliphatic heterocycles. The van der Waals surface area contributed by atoms with Crippen LogP contribution in [0.15, 0.2) is 0 Å². The van der Waals surface area contributed by atoms with Crippen molar-refractivity contribution in [3.63, 3.8) is 0 Å². The molecule has 0 unspecified atom stereocenters. The zero-order valence-corrected chi connectivity index (χ0v) is 9.16. The number of hydrogen-bond acceptors (Lipinski definition) is 0. The first kappa shape index (κ1) is 12.2. The highest BCUT2D eigenvalue weighted by Crippen LogP contribution is 2.06. The lowest BCUT2D eigenvalue weighted by molar-refractivity contribution is -0.906. The van der Waals surface area contributed by atoms with Gasteiger partial charge in [-0.15, -0.1) is 0 Å². The van der Waals surface area contributed by atoms with E-state index in [1.165, 1.54) is 45.3 Å². The van der Waals surface area contributed by atoms with Gasteiger partial charge in [-0.3, -0.25) is 0 Å². The molecule has 74 valence electrons. The second-order valence-corrected chi connectivity index (χ2v) is 4.04. The number of nitrogens with one attached hydrogen (secondary N) is 1. The topological polar surface area (TPSA) is 4.44 Å². The molecular weight excluding hydrogens is 170 g/mol. The van der Waals surface area contributed by atoms with E-state index in [0.29, 0.717) is 0 Å². The van der Waals surface area contributed by atoms with E-state index in [1.54, 1.807) is 0 Å². The van der Waals surface area contributed by atoms with Gasteiger partial charge in [-0.25, -0.2) is 0 Å². The Morgan fingerprint density at radius 1 is 1.25 bits per heavy atom. The molecule has 1 N–H and O–H groups in total. The summed E-state index contributed by atoms with van der Waals surface area (Å²) in [6.45, 7) is 8.95. The Labute approximate surface area is 82.9 Å². The second-order valence-electron chi connectivity index (χ2n) is 4.04. The molecule has 0 spiro atoms. The van der Waals surface area contributed by atoms with Crippen molar-refractivity contribution in [3.8, 4) is 0 Å². The summed E-state index contributed by atoms with van der Waals surface area (Å²) in [7, 11) is 0. The molecule has 0 aromatic carbocycles. The van der Waals surface area contributed by atoms with Crippen molar-refractivity contribution in [2.24, 2.45) is 5.92 Å². The Hall–Kier alpha value is 0.250. The van der Waals surface area contributed by atoms with Gasteiger partial charge in [0.2, 0.25) is 0 Å². The summed E-state index contributed by atoms with van der Waals surface area (Å²) in [4.78, 5) is 1.85. The maximum absolute atomic E-state index is 2.39. The molecule has 0 aromatic heterocycles. The third-order valence-electron chi connectivity index (χ3n) is 2.87. The molecule has 1 heterocycles. The summed E-state index contributed by atoms with van der Waals surface area (Å²) >= 11 is 0. The number of hydrogen-bond donors (Lipinski definition) is 1. The van der Waals surface area contributed by atoms with Gasteiger partial charge in [0.1, 0.15) is 0 Å². The first-order valence-corrected chi connectivity index (χ1v) is 5.16. The van der Waals surface area contributed by atoms with Gasteiger partial charge < -0.3 is 17.3 Å². The highest BCUT2D eigenvalue weighted by Gasteiger charge is 2.17. The first-order valence-electron chi connectivity index (χ1n) is 5.16. The van der Waals surface area contributed by atoms with Crippen LogP contribution in [0.1, 0.15) is 39.5 Å². The number of unbranched alkanes of at least 4 members (excludes halogenated alkanes) is 1. The number of quaternary nitrogens is 1. The lowest BCUT2D eigenvalue weighted by Crippen LogP contribution is -3.13. The average molecular weight is 192 g/mol. The van der Waals surface area contributed by atoms with Gasteiger partial charge in [-0.1, -0.05) is 20.3 Å². The molecule has 1 rings (SSSR count). The molecule has 0 radical (unpaired) electrons. The summed E-state index contributed by atoms with van der Waals surface area (Å²) in [5.41, 5.74) is 0. The molecule has 2 heteroatoms. The molecule has 12 heavy (non-hydrogen) atoms. The molecule has 1 saturated heterocycles. The van der Waals surface area contributed by atoms with Crippen molar-refractivity contribution in [2.45, 2.75) is 39.5 Å². The van der Waals surface area contributed by atoms with Crippen LogP contribution in [-0.4, -0.2) is 19.6 Å². The smallest absolute Gasteiger partial charge is 0.0773 e. The van der Waals surface area contributed by atoms with Crippen LogP contribution in [-0.2, 0) is 0 Å². The Kier molecular flexibility index (Phi) is 6.87. The van der Waals surface area contributed by atoms with Crippen LogP contribution in [0.2, 0.25) is 0 Å². The van der Waals surface area contributed by atoms with Crippen LogP contribution in [0.25, 0.3) is 0 Å². The fourth-order valence-electron chi connectivity index (χ4n) is 1.85. The van der Waals surface area contributed by atoms with E-state index >= 15 is 0 Å². The normalized spacial score (nSPS) is 29.5. The molecule has 1 nitrogen and oxygen atoms in total. The predicted molar refractivity (Wildman–Crippen MR) is 48.9 cm³/mol. The van der Waals surface area contributed by atoms with Crippen molar-refractivity contribution in [2.75, 3.05) is 19.6 Å². The molecule has 0 atom stereocenters. The van der Waals surface area contributed by atoms with Gasteiger partial charge in [-0.2, -0.15) is 0 Å². The zero-order chi connectivity index (χ0) is 8.10. The van der Waals surface area contributed by atoms with Crippen LogP contribution in [0, 0.1) is 5.92 Å². The summed E-state index contributed by atoms with van der Waals surface area (Å²) in [6, 6.07) is 0. The van der Waals surface area contributed by atoms with E-state index in [1.807, 2.05) is 4.90 Å². The van der Waals surface area contributed by atoms with Crippen molar-refractivity contribution >= 4 is 0 Å². The fourth-order valence-corrected chi connectivity index (χ4v) is 1.85. The minimum absolute atomic E-state index is 0. The number of halogens is 1. The molecule has 1 fully saturated rings. The standard InChI is InChI=1S/C10H21N.ClH/c1-3-4-7-11-8-5-10(2)6-9-11;/h10H,3-9H2,1-2H3;1H. The van der Waals surface area contributed by atoms with Crippen LogP contribution >= 0.6 is 0 Å². The SMILES string of the molecule is CCCC[NH+]1CCC(C)CC1.[Cl-]. The van der Waals surface area contributed by atoms with Gasteiger partial charge >= 0.3 is 0 Å². The summed E-state index contributed by atoms with van der Waals surface area (Å²) in [5, 5.41) is 0. The van der Waals surface area contributed by atoms with Gasteiger partial charge in [0.25, 0.3) is 0 Å². The largest absolute Gasteiger partial charge is 1.00 e. The number of piperidine rings is 1. The average Bonchev–Trinajstić information content (AvgIpc) is 2.04. The maximum Gasteiger partial charge on any atom is 0.0773 e. The molecule has 0 saturated carbocycles. The summed E-state index contributed by atoms with van der Waals surface area (Å²) < 4.78 is 0. The van der Waals surface area contributed by atoms with Crippen molar-refractivity contribution in [1.82, 2.24) is 0 Å². The van der Waals surface area contributed by atoms with E-state index in [-0.39, 0.29) is 12.4 Å². The van der Waals surface area contributed by atoms with Crippen molar-refractivity contribution in [1.29, 1.82) is 0 Å². The molecular formula is C10H22ClN. The van der Waals surface area contributed by atoms with E-state index < -0.39 is 0 Å². The minimum atomic E-state index is 0. The van der Waals surface area contributed by atoms with Crippen molar-refractivity contribution in [3.05, 3.63) is 0 Å². The Morgan fingerprint density at radius 3 is 2.33 bits per heavy atom. The third kappa shape index (κ3) is 4.32. The van der Waals surface area contributed by atoms with E-state index in [4.69, 9.17) is 0 Å². The van der Waals surface area contributed by atoms with E-state index in [2.05, 4.69) is 13.8 Å². The summed E-state index contributed by atoms with van der Waals surface area (Å²) in [6.07, 6.45) is 5.70. The first-order chi connectivity index (χ1) is 5.33. The lowest BCUT2D eigenvalue weighted by Gasteiger charge is -2.27. The fraction of sp³-hybridized carbons (Fsp3) is 1.00. The van der Waals surface area contributed by atoms with Crippen molar-refractivity contribution < 1.29 is 17.3 Å². The van der Waals surface area contributed by atoms with Crippen LogP contribution in [0.3, 0.4) is 0 Å². The summed E-state index contributed by atoms with van der Waals surface area (Å²) in [5.74, 6) is 1.00. The Morgan fingerprint density at radius 2 is 1.83 bits per heavy atom. The molecule has 0 aromatic rings. The van der Waals surface area contributed by atoms with E-state index in [0.717, 1.165) is 5.92 Å². The number of rotatable bonds is 3. The molecule has 0 bridgehead atoms. The van der Waals surface area contributed by atoms with E-state index in [9.17, 15) is 0 Å². The van der Waals surface area contributed by atoms with Gasteiger partial charge in [0.15, 0.2) is 0 Å². The van der Waals surface area contributed by atoms with Gasteiger partial charge in [0.05, 0.1) is 19.6 Å². The van der Waals surface area contributed by atoms with Gasteiger partial charge in [0, 0.05) is 0 Å². The molecule has 0 amide bonds. The molecule has 0 aliphatic carbocycles. The second kappa shape index (κ2) is 6.73. The maximum atomic E-state index is 2.39. The van der Waals surface area contributed by atoms with Crippen LogP contribution in [0.5, 0.6) is 0 Å². The Balaban J connectivity index is 0.00000121. The predicted octanol–water partition coefficient (Wildman–Crippen LogP) is -1.89. The number of likely N-dealkylation sites (tertiary alicyclic amines) is 1. The Bertz CT molecular complexity index is 95.3. The monoisotopic (exact) mass is 191 g/mol. The van der Waals surface area contributed by atoms with Crippen LogP contribution in [0.4, 0.5) is 0 Å².